The van der Waals surface area contributed by atoms with Gasteiger partial charge in [0.05, 0.1) is 13.7 Å². The van der Waals surface area contributed by atoms with E-state index in [-0.39, 0.29) is 24.0 Å². The van der Waals surface area contributed by atoms with Crippen molar-refractivity contribution in [3.63, 3.8) is 0 Å². The Morgan fingerprint density at radius 2 is 2.30 bits per heavy atom. The maximum absolute atomic E-state index is 13.7. The van der Waals surface area contributed by atoms with Gasteiger partial charge in [-0.3, -0.25) is 4.79 Å². The van der Waals surface area contributed by atoms with Crippen molar-refractivity contribution >= 4 is 5.91 Å². The van der Waals surface area contributed by atoms with E-state index < -0.39 is 17.5 Å². The molecule has 0 aromatic heterocycles. The van der Waals surface area contributed by atoms with Crippen LogP contribution < -0.4 is 10.1 Å². The summed E-state index contributed by atoms with van der Waals surface area (Å²) in [6, 6.07) is 4.24. The van der Waals surface area contributed by atoms with Crippen LogP contribution in [0.1, 0.15) is 24.2 Å². The molecule has 1 aliphatic rings. The van der Waals surface area contributed by atoms with E-state index in [2.05, 4.69) is 5.32 Å². The van der Waals surface area contributed by atoms with Gasteiger partial charge in [-0.25, -0.2) is 4.39 Å². The molecule has 1 heterocycles. The van der Waals surface area contributed by atoms with Crippen LogP contribution in [-0.4, -0.2) is 38.1 Å². The van der Waals surface area contributed by atoms with Gasteiger partial charge in [-0.05, 0) is 26.0 Å². The van der Waals surface area contributed by atoms with Gasteiger partial charge in [-0.1, -0.05) is 6.07 Å². The van der Waals surface area contributed by atoms with Crippen LogP contribution in [-0.2, 0) is 9.47 Å². The highest BCUT2D eigenvalue weighted by Gasteiger charge is 2.33. The first kappa shape index (κ1) is 14.7. The summed E-state index contributed by atoms with van der Waals surface area (Å²) in [5.41, 5.74) is -0.104. The number of amides is 1. The molecule has 1 saturated heterocycles. The summed E-state index contributed by atoms with van der Waals surface area (Å²) in [6.45, 7) is 4.24. The van der Waals surface area contributed by atoms with E-state index in [0.717, 1.165) is 0 Å². The summed E-state index contributed by atoms with van der Waals surface area (Å²) in [5, 5.41) is 2.63. The molecule has 1 fully saturated rings. The molecular weight excluding hydrogens is 265 g/mol. The Labute approximate surface area is 117 Å². The smallest absolute Gasteiger partial charge is 0.258 e. The number of methoxy groups -OCH3 is 1. The van der Waals surface area contributed by atoms with Crippen LogP contribution in [0.25, 0.3) is 0 Å². The maximum Gasteiger partial charge on any atom is 0.258 e. The Bertz CT molecular complexity index is 504. The number of nitrogens with one attached hydrogen (secondary N) is 1. The van der Waals surface area contributed by atoms with Gasteiger partial charge < -0.3 is 19.5 Å². The SMILES string of the molecule is COc1cccc(F)c1C(=O)NCC1COC(C)(C)O1. The van der Waals surface area contributed by atoms with E-state index >= 15 is 0 Å². The summed E-state index contributed by atoms with van der Waals surface area (Å²) in [4.78, 5) is 12.0. The number of ether oxygens (including phenoxy) is 3. The van der Waals surface area contributed by atoms with Gasteiger partial charge in [0.15, 0.2) is 5.79 Å². The molecule has 0 saturated carbocycles. The molecule has 1 aliphatic heterocycles. The Balaban J connectivity index is 1.99. The zero-order valence-electron chi connectivity index (χ0n) is 11.7. The maximum atomic E-state index is 13.7. The zero-order valence-corrected chi connectivity index (χ0v) is 11.7. The van der Waals surface area contributed by atoms with Gasteiger partial charge in [0, 0.05) is 6.54 Å². The number of halogens is 1. The molecule has 1 aromatic rings. The Morgan fingerprint density at radius 3 is 2.90 bits per heavy atom. The monoisotopic (exact) mass is 283 g/mol. The Kier molecular flexibility index (Phi) is 4.25. The first-order valence-corrected chi connectivity index (χ1v) is 6.35. The van der Waals surface area contributed by atoms with Gasteiger partial charge in [0.1, 0.15) is 23.2 Å². The fraction of sp³-hybridized carbons (Fsp3) is 0.500. The van der Waals surface area contributed by atoms with Crippen molar-refractivity contribution in [2.45, 2.75) is 25.7 Å². The van der Waals surface area contributed by atoms with Crippen LogP contribution in [0.2, 0.25) is 0 Å². The van der Waals surface area contributed by atoms with Crippen molar-refractivity contribution in [1.82, 2.24) is 5.32 Å². The molecule has 1 aromatic carbocycles. The van der Waals surface area contributed by atoms with Gasteiger partial charge in [0.25, 0.3) is 5.91 Å². The summed E-state index contributed by atoms with van der Waals surface area (Å²) in [5.74, 6) is -1.60. The third kappa shape index (κ3) is 3.26. The van der Waals surface area contributed by atoms with Gasteiger partial charge >= 0.3 is 0 Å². The van der Waals surface area contributed by atoms with Crippen LogP contribution in [0.15, 0.2) is 18.2 Å². The fourth-order valence-electron chi connectivity index (χ4n) is 2.05. The molecular formula is C14H18FNO4. The van der Waals surface area contributed by atoms with E-state index in [1.165, 1.54) is 25.3 Å². The number of hydrogen-bond donors (Lipinski definition) is 1. The minimum atomic E-state index is -0.648. The van der Waals surface area contributed by atoms with E-state index in [1.807, 2.05) is 0 Å². The van der Waals surface area contributed by atoms with Crippen LogP contribution in [0.5, 0.6) is 5.75 Å². The summed E-state index contributed by atoms with van der Waals surface area (Å²) < 4.78 is 29.7. The lowest BCUT2D eigenvalue weighted by molar-refractivity contribution is -0.137. The van der Waals surface area contributed by atoms with Gasteiger partial charge in [-0.15, -0.1) is 0 Å². The normalized spacial score (nSPS) is 20.7. The molecule has 0 spiro atoms. The molecule has 5 nitrogen and oxygen atoms in total. The summed E-state index contributed by atoms with van der Waals surface area (Å²) >= 11 is 0. The molecule has 0 aliphatic carbocycles. The minimum Gasteiger partial charge on any atom is -0.496 e. The molecule has 6 heteroatoms. The second-order valence-electron chi connectivity index (χ2n) is 4.98. The lowest BCUT2D eigenvalue weighted by atomic mass is 10.1. The van der Waals surface area contributed by atoms with Crippen molar-refractivity contribution in [1.29, 1.82) is 0 Å². The standard InChI is InChI=1S/C14H18FNO4/c1-14(2)19-8-9(20-14)7-16-13(17)12-10(15)5-4-6-11(12)18-3/h4-6,9H,7-8H2,1-3H3,(H,16,17). The van der Waals surface area contributed by atoms with E-state index in [4.69, 9.17) is 14.2 Å². The average Bonchev–Trinajstić information content (AvgIpc) is 2.75. The average molecular weight is 283 g/mol. The topological polar surface area (TPSA) is 56.8 Å². The predicted molar refractivity (Wildman–Crippen MR) is 70.2 cm³/mol. The number of benzene rings is 1. The summed E-state index contributed by atoms with van der Waals surface area (Å²) in [6.07, 6.45) is -0.244. The molecule has 110 valence electrons. The highest BCUT2D eigenvalue weighted by Crippen LogP contribution is 2.23. The molecule has 1 unspecified atom stereocenters. The second kappa shape index (κ2) is 5.76. The fourth-order valence-corrected chi connectivity index (χ4v) is 2.05. The Hall–Kier alpha value is -1.66. The molecule has 1 amide bonds. The van der Waals surface area contributed by atoms with Crippen LogP contribution in [0, 0.1) is 5.82 Å². The van der Waals surface area contributed by atoms with Crippen molar-refractivity contribution in [2.24, 2.45) is 0 Å². The molecule has 2 rings (SSSR count). The number of carbonyl (C=O) groups excluding carboxylic acids is 1. The number of hydrogen-bond acceptors (Lipinski definition) is 4. The molecule has 0 bridgehead atoms. The van der Waals surface area contributed by atoms with Crippen molar-refractivity contribution in [2.75, 3.05) is 20.3 Å². The minimum absolute atomic E-state index is 0.104. The molecule has 1 atom stereocenters. The lowest BCUT2D eigenvalue weighted by Crippen LogP contribution is -2.35. The predicted octanol–water partition coefficient (Wildman–Crippen LogP) is 1.72. The second-order valence-corrected chi connectivity index (χ2v) is 4.98. The van der Waals surface area contributed by atoms with Gasteiger partial charge in [0.2, 0.25) is 0 Å². The van der Waals surface area contributed by atoms with Crippen molar-refractivity contribution in [3.05, 3.63) is 29.6 Å². The van der Waals surface area contributed by atoms with Crippen LogP contribution in [0.4, 0.5) is 4.39 Å². The summed E-state index contributed by atoms with van der Waals surface area (Å²) in [7, 11) is 1.39. The molecule has 0 radical (unpaired) electrons. The quantitative estimate of drug-likeness (QED) is 0.914. The van der Waals surface area contributed by atoms with E-state index in [0.29, 0.717) is 6.61 Å². The van der Waals surface area contributed by atoms with E-state index in [1.54, 1.807) is 13.8 Å². The number of carbonyl (C=O) groups is 1. The molecule has 20 heavy (non-hydrogen) atoms. The number of rotatable bonds is 4. The van der Waals surface area contributed by atoms with E-state index in [9.17, 15) is 9.18 Å². The third-order valence-electron chi connectivity index (χ3n) is 2.98. The highest BCUT2D eigenvalue weighted by molar-refractivity contribution is 5.97. The van der Waals surface area contributed by atoms with Crippen molar-refractivity contribution < 1.29 is 23.4 Å². The highest BCUT2D eigenvalue weighted by atomic mass is 19.1. The lowest BCUT2D eigenvalue weighted by Gasteiger charge is -2.17. The first-order valence-electron chi connectivity index (χ1n) is 6.35. The molecule has 1 N–H and O–H groups in total. The van der Waals surface area contributed by atoms with Crippen LogP contribution in [0.3, 0.4) is 0 Å². The zero-order chi connectivity index (χ0) is 14.8. The van der Waals surface area contributed by atoms with Crippen LogP contribution >= 0.6 is 0 Å². The van der Waals surface area contributed by atoms with Gasteiger partial charge in [-0.2, -0.15) is 0 Å². The largest absolute Gasteiger partial charge is 0.496 e. The first-order chi connectivity index (χ1) is 9.43. The Morgan fingerprint density at radius 1 is 1.55 bits per heavy atom. The third-order valence-corrected chi connectivity index (χ3v) is 2.98. The van der Waals surface area contributed by atoms with Crippen molar-refractivity contribution in [3.8, 4) is 5.75 Å².